The van der Waals surface area contributed by atoms with Crippen LogP contribution < -0.4 is 10.1 Å². The molecule has 1 fully saturated rings. The molecule has 20 heavy (non-hydrogen) atoms. The van der Waals surface area contributed by atoms with Crippen molar-refractivity contribution >= 4 is 0 Å². The van der Waals surface area contributed by atoms with Crippen molar-refractivity contribution in [1.82, 2.24) is 5.32 Å². The van der Waals surface area contributed by atoms with Gasteiger partial charge in [-0.05, 0) is 48.9 Å². The molecule has 1 aliphatic rings. The van der Waals surface area contributed by atoms with Gasteiger partial charge in [0, 0.05) is 6.04 Å². The van der Waals surface area contributed by atoms with E-state index < -0.39 is 6.36 Å². The lowest BCUT2D eigenvalue weighted by atomic mass is 9.97. The molecule has 1 aromatic rings. The summed E-state index contributed by atoms with van der Waals surface area (Å²) in [5, 5.41) is 3.31. The Labute approximate surface area is 117 Å². The first-order valence-corrected chi connectivity index (χ1v) is 6.73. The maximum Gasteiger partial charge on any atom is 0.573 e. The van der Waals surface area contributed by atoms with E-state index in [2.05, 4.69) is 23.9 Å². The summed E-state index contributed by atoms with van der Waals surface area (Å²) in [7, 11) is 1.93. The highest BCUT2D eigenvalue weighted by Crippen LogP contribution is 2.53. The van der Waals surface area contributed by atoms with E-state index in [0.29, 0.717) is 17.4 Å². The molecule has 0 aliphatic heterocycles. The van der Waals surface area contributed by atoms with Gasteiger partial charge in [0.2, 0.25) is 0 Å². The molecule has 0 heterocycles. The first-order valence-electron chi connectivity index (χ1n) is 6.73. The molecular formula is C15H20F3NO. The van der Waals surface area contributed by atoms with Crippen LogP contribution in [0.4, 0.5) is 13.2 Å². The molecule has 0 bridgehead atoms. The van der Waals surface area contributed by atoms with Crippen LogP contribution in [0.15, 0.2) is 24.3 Å². The maximum absolute atomic E-state index is 12.1. The van der Waals surface area contributed by atoms with Crippen molar-refractivity contribution in [3.63, 3.8) is 0 Å². The van der Waals surface area contributed by atoms with E-state index in [1.54, 1.807) is 12.1 Å². The Bertz CT molecular complexity index is 453. The van der Waals surface area contributed by atoms with Gasteiger partial charge in [0.15, 0.2) is 0 Å². The second kappa shape index (κ2) is 5.28. The van der Waals surface area contributed by atoms with Gasteiger partial charge in [0.05, 0.1) is 0 Å². The van der Waals surface area contributed by atoms with Gasteiger partial charge in [-0.25, -0.2) is 0 Å². The van der Waals surface area contributed by atoms with Gasteiger partial charge in [0.1, 0.15) is 5.75 Å². The second-order valence-electron chi connectivity index (χ2n) is 6.09. The Morgan fingerprint density at radius 2 is 1.85 bits per heavy atom. The third-order valence-corrected chi connectivity index (χ3v) is 4.06. The molecule has 2 nitrogen and oxygen atoms in total. The van der Waals surface area contributed by atoms with E-state index in [4.69, 9.17) is 0 Å². The first-order chi connectivity index (χ1) is 9.21. The van der Waals surface area contributed by atoms with Gasteiger partial charge in [-0.1, -0.05) is 26.0 Å². The predicted molar refractivity (Wildman–Crippen MR) is 71.6 cm³/mol. The van der Waals surface area contributed by atoms with Crippen molar-refractivity contribution in [3.8, 4) is 5.75 Å². The molecule has 2 rings (SSSR count). The van der Waals surface area contributed by atoms with Gasteiger partial charge < -0.3 is 10.1 Å². The lowest BCUT2D eigenvalue weighted by Crippen LogP contribution is -2.31. The molecule has 0 saturated heterocycles. The lowest BCUT2D eigenvalue weighted by molar-refractivity contribution is -0.274. The summed E-state index contributed by atoms with van der Waals surface area (Å²) in [5.74, 6) is 0.451. The molecule has 1 saturated carbocycles. The molecule has 1 aliphatic carbocycles. The largest absolute Gasteiger partial charge is 0.573 e. The zero-order valence-corrected chi connectivity index (χ0v) is 11.9. The van der Waals surface area contributed by atoms with E-state index in [9.17, 15) is 13.2 Å². The van der Waals surface area contributed by atoms with Gasteiger partial charge in [-0.2, -0.15) is 0 Å². The minimum Gasteiger partial charge on any atom is -0.406 e. The maximum atomic E-state index is 12.1. The number of alkyl halides is 3. The number of hydrogen-bond donors (Lipinski definition) is 1. The van der Waals surface area contributed by atoms with Crippen LogP contribution in [-0.4, -0.2) is 19.5 Å². The van der Waals surface area contributed by atoms with Gasteiger partial charge in [-0.15, -0.1) is 13.2 Å². The fourth-order valence-corrected chi connectivity index (χ4v) is 2.72. The van der Waals surface area contributed by atoms with E-state index in [1.165, 1.54) is 18.6 Å². The summed E-state index contributed by atoms with van der Waals surface area (Å²) in [6.07, 6.45) is -2.63. The van der Waals surface area contributed by atoms with Crippen LogP contribution in [0.2, 0.25) is 0 Å². The number of benzene rings is 1. The fraction of sp³-hybridized carbons (Fsp3) is 0.600. The summed E-state index contributed by atoms with van der Waals surface area (Å²) in [6.45, 7) is 4.48. The molecule has 0 amide bonds. The first kappa shape index (κ1) is 15.2. The third-order valence-electron chi connectivity index (χ3n) is 4.06. The molecule has 112 valence electrons. The van der Waals surface area contributed by atoms with Crippen molar-refractivity contribution < 1.29 is 17.9 Å². The van der Waals surface area contributed by atoms with E-state index in [0.717, 1.165) is 12.0 Å². The molecule has 0 spiro atoms. The lowest BCUT2D eigenvalue weighted by Gasteiger charge is -2.18. The highest BCUT2D eigenvalue weighted by Gasteiger charge is 2.49. The second-order valence-corrected chi connectivity index (χ2v) is 6.09. The highest BCUT2D eigenvalue weighted by atomic mass is 19.4. The Kier molecular flexibility index (Phi) is 4.00. The summed E-state index contributed by atoms with van der Waals surface area (Å²) in [5.41, 5.74) is 1.38. The zero-order chi connectivity index (χ0) is 15.0. The van der Waals surface area contributed by atoms with Gasteiger partial charge in [-0.3, -0.25) is 0 Å². The van der Waals surface area contributed by atoms with Gasteiger partial charge >= 0.3 is 6.36 Å². The van der Waals surface area contributed by atoms with Crippen molar-refractivity contribution in [3.05, 3.63) is 29.8 Å². The van der Waals surface area contributed by atoms with Crippen molar-refractivity contribution in [2.75, 3.05) is 7.05 Å². The number of likely N-dealkylation sites (N-methyl/N-ethyl adjacent to an activating group) is 1. The number of halogens is 3. The van der Waals surface area contributed by atoms with Crippen LogP contribution >= 0.6 is 0 Å². The highest BCUT2D eigenvalue weighted by molar-refractivity contribution is 5.28. The number of hydrogen-bond acceptors (Lipinski definition) is 2. The average Bonchev–Trinajstić information content (AvgIpc) is 2.95. The molecule has 1 N–H and O–H groups in total. The predicted octanol–water partition coefficient (Wildman–Crippen LogP) is 3.76. The number of nitrogens with one attached hydrogen (secondary N) is 1. The number of rotatable bonds is 5. The molecule has 5 heteroatoms. The normalized spacial score (nSPS) is 22.4. The standard InChI is InChI=1S/C15H20F3NO/c1-14(2)9-12(14)13(19-3)8-10-4-6-11(7-5-10)20-15(16,17)18/h4-7,12-13,19H,8-9H2,1-3H3. The summed E-state index contributed by atoms with van der Waals surface area (Å²) in [4.78, 5) is 0. The Morgan fingerprint density at radius 3 is 2.25 bits per heavy atom. The number of ether oxygens (including phenoxy) is 1. The fourth-order valence-electron chi connectivity index (χ4n) is 2.72. The SMILES string of the molecule is CNC(Cc1ccc(OC(F)(F)F)cc1)C1CC1(C)C. The van der Waals surface area contributed by atoms with Crippen LogP contribution in [0.3, 0.4) is 0 Å². The van der Waals surface area contributed by atoms with Crippen LogP contribution in [-0.2, 0) is 6.42 Å². The van der Waals surface area contributed by atoms with E-state index in [1.807, 2.05) is 7.05 Å². The molecule has 0 aromatic heterocycles. The Balaban J connectivity index is 1.96. The van der Waals surface area contributed by atoms with Crippen molar-refractivity contribution in [2.45, 2.75) is 39.1 Å². The molecule has 1 aromatic carbocycles. The summed E-state index contributed by atoms with van der Waals surface area (Å²) >= 11 is 0. The van der Waals surface area contributed by atoms with Crippen LogP contribution in [0.25, 0.3) is 0 Å². The summed E-state index contributed by atoms with van der Waals surface area (Å²) in [6, 6.07) is 6.49. The van der Waals surface area contributed by atoms with E-state index in [-0.39, 0.29) is 5.75 Å². The molecule has 2 atom stereocenters. The monoisotopic (exact) mass is 287 g/mol. The van der Waals surface area contributed by atoms with E-state index >= 15 is 0 Å². The molecule has 0 radical (unpaired) electrons. The quantitative estimate of drug-likeness (QED) is 0.890. The topological polar surface area (TPSA) is 21.3 Å². The van der Waals surface area contributed by atoms with Crippen LogP contribution in [0.1, 0.15) is 25.8 Å². The van der Waals surface area contributed by atoms with Gasteiger partial charge in [0.25, 0.3) is 0 Å². The summed E-state index contributed by atoms with van der Waals surface area (Å²) < 4.78 is 40.1. The minimum atomic E-state index is -4.63. The Hall–Kier alpha value is -1.23. The smallest absolute Gasteiger partial charge is 0.406 e. The van der Waals surface area contributed by atoms with Crippen molar-refractivity contribution in [1.29, 1.82) is 0 Å². The van der Waals surface area contributed by atoms with Crippen molar-refractivity contribution in [2.24, 2.45) is 11.3 Å². The van der Waals surface area contributed by atoms with Crippen LogP contribution in [0, 0.1) is 11.3 Å². The minimum absolute atomic E-state index is 0.172. The Morgan fingerprint density at radius 1 is 1.30 bits per heavy atom. The molecular weight excluding hydrogens is 267 g/mol. The third kappa shape index (κ3) is 3.88. The van der Waals surface area contributed by atoms with Crippen LogP contribution in [0.5, 0.6) is 5.75 Å². The zero-order valence-electron chi connectivity index (χ0n) is 11.9. The molecule has 2 unspecified atom stereocenters. The average molecular weight is 287 g/mol.